The SMILES string of the molecule is C=C(C)CC1c2ccccc2-c2c3c(c4c5ccccc5n(CC(=C)C)c4c21)CNC3=O. The van der Waals surface area contributed by atoms with Gasteiger partial charge >= 0.3 is 0 Å². The Bertz CT molecular complexity index is 1500. The van der Waals surface area contributed by atoms with Crippen LogP contribution in [0.1, 0.15) is 53.2 Å². The van der Waals surface area contributed by atoms with Gasteiger partial charge in [0, 0.05) is 40.9 Å². The predicted octanol–water partition coefficient (Wildman–Crippen LogP) is 6.69. The topological polar surface area (TPSA) is 34.0 Å². The Morgan fingerprint density at radius 3 is 2.56 bits per heavy atom. The van der Waals surface area contributed by atoms with E-state index in [-0.39, 0.29) is 11.8 Å². The predicted molar refractivity (Wildman–Crippen MR) is 132 cm³/mol. The van der Waals surface area contributed by atoms with Crippen molar-refractivity contribution in [3.63, 3.8) is 0 Å². The minimum atomic E-state index is 0.0423. The van der Waals surface area contributed by atoms with Crippen molar-refractivity contribution in [2.24, 2.45) is 0 Å². The minimum absolute atomic E-state index is 0.0423. The van der Waals surface area contributed by atoms with Crippen LogP contribution in [-0.2, 0) is 13.1 Å². The second-order valence-corrected chi connectivity index (χ2v) is 9.41. The summed E-state index contributed by atoms with van der Waals surface area (Å²) < 4.78 is 2.42. The summed E-state index contributed by atoms with van der Waals surface area (Å²) in [6.07, 6.45) is 0.869. The fraction of sp³-hybridized carbons (Fsp3) is 0.207. The summed E-state index contributed by atoms with van der Waals surface area (Å²) in [5, 5.41) is 5.55. The second-order valence-electron chi connectivity index (χ2n) is 9.41. The van der Waals surface area contributed by atoms with E-state index in [4.69, 9.17) is 0 Å². The summed E-state index contributed by atoms with van der Waals surface area (Å²) >= 11 is 0. The number of rotatable bonds is 4. The smallest absolute Gasteiger partial charge is 0.252 e. The summed E-state index contributed by atoms with van der Waals surface area (Å²) in [4.78, 5) is 13.2. The Hall–Kier alpha value is -3.59. The highest BCUT2D eigenvalue weighted by Gasteiger charge is 2.39. The zero-order valence-electron chi connectivity index (χ0n) is 18.6. The molecule has 32 heavy (non-hydrogen) atoms. The molecular formula is C29H26N2O. The normalized spacial score (nSPS) is 16.2. The largest absolute Gasteiger partial charge is 0.348 e. The van der Waals surface area contributed by atoms with Crippen molar-refractivity contribution in [1.82, 2.24) is 9.88 Å². The van der Waals surface area contributed by atoms with Crippen molar-refractivity contribution in [3.8, 4) is 11.1 Å². The van der Waals surface area contributed by atoms with E-state index in [1.54, 1.807) is 0 Å². The highest BCUT2D eigenvalue weighted by Crippen LogP contribution is 2.54. The van der Waals surface area contributed by atoms with E-state index in [0.29, 0.717) is 6.54 Å². The molecule has 0 bridgehead atoms. The molecule has 2 aliphatic rings. The fourth-order valence-corrected chi connectivity index (χ4v) is 5.90. The zero-order valence-corrected chi connectivity index (χ0v) is 18.6. The molecule has 1 atom stereocenters. The van der Waals surface area contributed by atoms with Crippen LogP contribution in [0.5, 0.6) is 0 Å². The average Bonchev–Trinajstić information content (AvgIpc) is 3.39. The molecule has 158 valence electrons. The van der Waals surface area contributed by atoms with Crippen LogP contribution >= 0.6 is 0 Å². The monoisotopic (exact) mass is 418 g/mol. The molecule has 1 unspecified atom stereocenters. The highest BCUT2D eigenvalue weighted by molar-refractivity contribution is 6.20. The lowest BCUT2D eigenvalue weighted by molar-refractivity contribution is 0.0966. The van der Waals surface area contributed by atoms with Crippen molar-refractivity contribution in [1.29, 1.82) is 0 Å². The number of para-hydroxylation sites is 1. The Morgan fingerprint density at radius 1 is 1.03 bits per heavy atom. The number of hydrogen-bond acceptors (Lipinski definition) is 1. The summed E-state index contributed by atoms with van der Waals surface area (Å²) in [5.74, 6) is 0.230. The molecule has 3 nitrogen and oxygen atoms in total. The van der Waals surface area contributed by atoms with E-state index >= 15 is 0 Å². The number of amides is 1. The van der Waals surface area contributed by atoms with Gasteiger partial charge in [0.05, 0.1) is 11.1 Å². The summed E-state index contributed by atoms with van der Waals surface area (Å²) in [7, 11) is 0. The first kappa shape index (κ1) is 19.1. The van der Waals surface area contributed by atoms with Gasteiger partial charge in [0.25, 0.3) is 5.91 Å². The van der Waals surface area contributed by atoms with Crippen molar-refractivity contribution < 1.29 is 4.79 Å². The van der Waals surface area contributed by atoms with Crippen molar-refractivity contribution >= 4 is 27.7 Å². The molecule has 1 aliphatic carbocycles. The maximum Gasteiger partial charge on any atom is 0.252 e. The van der Waals surface area contributed by atoms with Crippen LogP contribution < -0.4 is 5.32 Å². The number of allylic oxidation sites excluding steroid dienone is 2. The van der Waals surface area contributed by atoms with Crippen molar-refractivity contribution in [3.05, 3.63) is 95.1 Å². The van der Waals surface area contributed by atoms with Crippen LogP contribution in [0.15, 0.2) is 72.8 Å². The van der Waals surface area contributed by atoms with E-state index in [9.17, 15) is 4.79 Å². The zero-order chi connectivity index (χ0) is 22.1. The Morgan fingerprint density at radius 2 is 1.78 bits per heavy atom. The molecule has 1 amide bonds. The highest BCUT2D eigenvalue weighted by atomic mass is 16.1. The summed E-state index contributed by atoms with van der Waals surface area (Å²) in [6, 6.07) is 17.2. The van der Waals surface area contributed by atoms with Gasteiger partial charge in [-0.3, -0.25) is 4.79 Å². The quantitative estimate of drug-likeness (QED) is 0.368. The van der Waals surface area contributed by atoms with Crippen LogP contribution in [0.2, 0.25) is 0 Å². The van der Waals surface area contributed by atoms with Crippen LogP contribution in [0.3, 0.4) is 0 Å². The van der Waals surface area contributed by atoms with E-state index < -0.39 is 0 Å². The fourth-order valence-electron chi connectivity index (χ4n) is 5.90. The van der Waals surface area contributed by atoms with Gasteiger partial charge in [-0.1, -0.05) is 60.2 Å². The number of nitrogens with one attached hydrogen (secondary N) is 1. The number of fused-ring (bicyclic) bond motifs is 10. The van der Waals surface area contributed by atoms with Crippen LogP contribution in [0.4, 0.5) is 0 Å². The molecule has 0 saturated heterocycles. The average molecular weight is 419 g/mol. The summed E-state index contributed by atoms with van der Waals surface area (Å²) in [6.45, 7) is 14.0. The maximum atomic E-state index is 13.2. The van der Waals surface area contributed by atoms with E-state index in [2.05, 4.69) is 85.4 Å². The van der Waals surface area contributed by atoms with E-state index in [1.807, 2.05) is 0 Å². The van der Waals surface area contributed by atoms with Gasteiger partial charge in [0.15, 0.2) is 0 Å². The number of carbonyl (C=O) groups is 1. The molecule has 4 aromatic rings. The van der Waals surface area contributed by atoms with E-state index in [1.165, 1.54) is 38.5 Å². The Balaban J connectivity index is 1.87. The molecule has 0 radical (unpaired) electrons. The first-order valence-electron chi connectivity index (χ1n) is 11.2. The molecule has 6 rings (SSSR count). The van der Waals surface area contributed by atoms with Gasteiger partial charge in [-0.25, -0.2) is 0 Å². The number of benzene rings is 3. The first-order valence-corrected chi connectivity index (χ1v) is 11.2. The lowest BCUT2D eigenvalue weighted by Crippen LogP contribution is -2.13. The number of carbonyl (C=O) groups excluding carboxylic acids is 1. The number of aromatic nitrogens is 1. The maximum absolute atomic E-state index is 13.2. The number of hydrogen-bond donors (Lipinski definition) is 1. The third-order valence-corrected chi connectivity index (χ3v) is 6.94. The lowest BCUT2D eigenvalue weighted by atomic mass is 9.87. The van der Waals surface area contributed by atoms with Crippen molar-refractivity contribution in [2.75, 3.05) is 0 Å². The number of nitrogens with zero attached hydrogens (tertiary/aromatic N) is 1. The van der Waals surface area contributed by atoms with Gasteiger partial charge in [-0.15, -0.1) is 6.58 Å². The second kappa shape index (κ2) is 6.70. The van der Waals surface area contributed by atoms with Crippen LogP contribution in [0.25, 0.3) is 32.9 Å². The van der Waals surface area contributed by atoms with Gasteiger partial charge in [0.1, 0.15) is 0 Å². The molecule has 0 saturated carbocycles. The van der Waals surface area contributed by atoms with Gasteiger partial charge in [-0.2, -0.15) is 0 Å². The van der Waals surface area contributed by atoms with Gasteiger partial charge < -0.3 is 9.88 Å². The molecule has 1 aliphatic heterocycles. The third-order valence-electron chi connectivity index (χ3n) is 6.94. The molecule has 3 heteroatoms. The van der Waals surface area contributed by atoms with E-state index in [0.717, 1.165) is 40.8 Å². The standard InChI is InChI=1S/C29H26N2O/c1-16(2)13-21-18-9-5-6-10-19(18)25-26(21)28-24(22-14-30-29(32)27(22)25)20-11-7-8-12-23(20)31(28)15-17(3)4/h5-12,21H,1,3,13-15H2,2,4H3,(H,30,32). The molecule has 1 aromatic heterocycles. The van der Waals surface area contributed by atoms with Gasteiger partial charge in [0.2, 0.25) is 0 Å². The van der Waals surface area contributed by atoms with Crippen LogP contribution in [0, 0.1) is 0 Å². The lowest BCUT2D eigenvalue weighted by Gasteiger charge is -2.19. The summed E-state index contributed by atoms with van der Waals surface area (Å²) in [5.41, 5.74) is 11.6. The third kappa shape index (κ3) is 2.45. The van der Waals surface area contributed by atoms with Gasteiger partial charge in [-0.05, 0) is 48.6 Å². The first-order chi connectivity index (χ1) is 15.5. The molecular weight excluding hydrogens is 392 g/mol. The minimum Gasteiger partial charge on any atom is -0.348 e. The molecule has 0 spiro atoms. The molecule has 2 heterocycles. The van der Waals surface area contributed by atoms with Crippen LogP contribution in [-0.4, -0.2) is 10.5 Å². The Kier molecular flexibility index (Phi) is 4.00. The molecule has 3 aromatic carbocycles. The molecule has 1 N–H and O–H groups in total. The van der Waals surface area contributed by atoms with Crippen molar-refractivity contribution in [2.45, 2.75) is 39.3 Å². The molecule has 0 fully saturated rings. The Labute approximate surface area is 188 Å².